The Morgan fingerprint density at radius 2 is 1.97 bits per heavy atom. The number of nitrogens with zero attached hydrogens (tertiary/aromatic N) is 6. The predicted octanol–water partition coefficient (Wildman–Crippen LogP) is 1.88. The third-order valence-corrected chi connectivity index (χ3v) is 5.68. The number of hydrogen-bond acceptors (Lipinski definition) is 8. The van der Waals surface area contributed by atoms with Crippen LogP contribution in [0.15, 0.2) is 6.20 Å². The van der Waals surface area contributed by atoms with Crippen molar-refractivity contribution in [3.63, 3.8) is 0 Å². The van der Waals surface area contributed by atoms with Crippen LogP contribution < -0.4 is 16.4 Å². The van der Waals surface area contributed by atoms with Crippen LogP contribution in [0.25, 0.3) is 22.6 Å². The molecule has 3 aromatic rings. The molecule has 1 aliphatic rings. The van der Waals surface area contributed by atoms with E-state index in [0.717, 1.165) is 6.20 Å². The molecule has 3 aromatic heterocycles. The Kier molecular flexibility index (Phi) is 4.92. The number of hydrogen-bond donors (Lipinski definition) is 3. The number of nitrogens with one attached hydrogen (secondary N) is 2. The molecule has 0 radical (unpaired) electrons. The first-order chi connectivity index (χ1) is 17.9. The zero-order chi connectivity index (χ0) is 29.1. The molecule has 0 bridgehead atoms. The van der Waals surface area contributed by atoms with Gasteiger partial charge in [0.1, 0.15) is 23.2 Å². The number of anilines is 2. The molecule has 36 heavy (non-hydrogen) atoms. The molecule has 0 aliphatic carbocycles. The number of carbonyl (C=O) groups excluding carboxylic acids is 2. The van der Waals surface area contributed by atoms with E-state index in [1.807, 2.05) is 0 Å². The highest BCUT2D eigenvalue weighted by Crippen LogP contribution is 2.42. The number of amides is 2. The highest BCUT2D eigenvalue weighted by molar-refractivity contribution is 6.20. The van der Waals surface area contributed by atoms with Crippen molar-refractivity contribution in [2.45, 2.75) is 44.2 Å². The average molecular weight is 516 g/mol. The van der Waals surface area contributed by atoms with Crippen molar-refractivity contribution in [1.82, 2.24) is 35.0 Å². The summed E-state index contributed by atoms with van der Waals surface area (Å²) in [5, 5.41) is 8.58. The lowest BCUT2D eigenvalue weighted by atomic mass is 9.83. The van der Waals surface area contributed by atoms with E-state index in [1.54, 1.807) is 6.92 Å². The van der Waals surface area contributed by atoms with E-state index in [2.05, 4.69) is 35.7 Å². The average Bonchev–Trinajstić information content (AvgIpc) is 3.36. The van der Waals surface area contributed by atoms with Crippen molar-refractivity contribution in [3.8, 4) is 11.5 Å². The summed E-state index contributed by atoms with van der Waals surface area (Å²) >= 11 is 0. The van der Waals surface area contributed by atoms with E-state index in [0.29, 0.717) is 4.68 Å². The highest BCUT2D eigenvalue weighted by atomic mass is 19.4. The summed E-state index contributed by atoms with van der Waals surface area (Å²) in [6.45, 7) is 0.250. The van der Waals surface area contributed by atoms with E-state index >= 15 is 0 Å². The van der Waals surface area contributed by atoms with Gasteiger partial charge >= 0.3 is 12.1 Å². The maximum Gasteiger partial charge on any atom is 0.453 e. The number of halogens is 5. The van der Waals surface area contributed by atoms with Gasteiger partial charge in [-0.05, 0) is 13.8 Å². The van der Waals surface area contributed by atoms with Crippen LogP contribution in [0.3, 0.4) is 0 Å². The molecule has 0 saturated heterocycles. The van der Waals surface area contributed by atoms with Crippen LogP contribution >= 0.6 is 0 Å². The van der Waals surface area contributed by atoms with Crippen molar-refractivity contribution in [1.29, 1.82) is 0 Å². The SMILES string of the molecule is [2H]C([2H])([2H])n1ncc2c(-c3nc(N)c4c(n3)NC(=O)C4(C)C(=O)NCC)nc(CCC(F)(F)C(F)(F)F)nc21. The Labute approximate surface area is 203 Å². The molecule has 4 rings (SSSR count). The number of aryl methyl sites for hydroxylation is 2. The lowest BCUT2D eigenvalue weighted by Crippen LogP contribution is -2.47. The summed E-state index contributed by atoms with van der Waals surface area (Å²) in [5.74, 6) is -7.95. The Bertz CT molecular complexity index is 1490. The number of alkyl halides is 5. The van der Waals surface area contributed by atoms with Gasteiger partial charge in [0.2, 0.25) is 11.8 Å². The van der Waals surface area contributed by atoms with Crippen LogP contribution in [-0.2, 0) is 28.4 Å². The molecule has 11 nitrogen and oxygen atoms in total. The van der Waals surface area contributed by atoms with E-state index in [9.17, 15) is 31.5 Å². The Balaban J connectivity index is 1.88. The number of nitrogens with two attached hydrogens (primary N) is 1. The standard InChI is InChI=1S/C20H20F5N9O2/c1-4-27-16(35)18(2)10-12(26)31-14(32-13(10)33-17(18)36)11-8-7-28-34(3)15(8)30-9(29-11)5-6-19(21,22)20(23,24)25/h7H,4-6H2,1-3H3,(H,27,35)(H3,26,31,32,33,36)/i3D3. The van der Waals surface area contributed by atoms with Gasteiger partial charge in [-0.3, -0.25) is 14.3 Å². The first kappa shape index (κ1) is 21.3. The van der Waals surface area contributed by atoms with Gasteiger partial charge < -0.3 is 16.4 Å². The van der Waals surface area contributed by atoms with Gasteiger partial charge in [0.05, 0.1) is 17.1 Å². The predicted molar refractivity (Wildman–Crippen MR) is 116 cm³/mol. The van der Waals surface area contributed by atoms with Gasteiger partial charge in [-0.25, -0.2) is 19.9 Å². The van der Waals surface area contributed by atoms with Crippen LogP contribution in [0.2, 0.25) is 0 Å². The van der Waals surface area contributed by atoms with E-state index in [-0.39, 0.29) is 40.6 Å². The largest absolute Gasteiger partial charge is 0.453 e. The maximum absolute atomic E-state index is 13.6. The van der Waals surface area contributed by atoms with E-state index < -0.39 is 60.6 Å². The number of rotatable bonds is 6. The molecule has 0 spiro atoms. The Morgan fingerprint density at radius 3 is 2.61 bits per heavy atom. The summed E-state index contributed by atoms with van der Waals surface area (Å²) in [5.41, 5.74) is 3.55. The first-order valence-corrected chi connectivity index (χ1v) is 10.4. The molecule has 0 saturated carbocycles. The number of nitrogen functional groups attached to an aromatic ring is 1. The molecule has 4 N–H and O–H groups in total. The Hall–Kier alpha value is -3.98. The topological polar surface area (TPSA) is 154 Å². The zero-order valence-electron chi connectivity index (χ0n) is 21.7. The fourth-order valence-corrected chi connectivity index (χ4v) is 3.71. The smallest absolute Gasteiger partial charge is 0.383 e. The van der Waals surface area contributed by atoms with Crippen LogP contribution in [0.4, 0.5) is 33.6 Å². The minimum absolute atomic E-state index is 0.0456. The van der Waals surface area contributed by atoms with Gasteiger partial charge in [0.25, 0.3) is 0 Å². The number of fused-ring (bicyclic) bond motifs is 2. The highest BCUT2D eigenvalue weighted by Gasteiger charge is 2.56. The van der Waals surface area contributed by atoms with Crippen molar-refractivity contribution < 1.29 is 35.7 Å². The molecule has 2 amide bonds. The van der Waals surface area contributed by atoms with Gasteiger partial charge in [-0.1, -0.05) is 0 Å². The fourth-order valence-electron chi connectivity index (χ4n) is 3.71. The Morgan fingerprint density at radius 1 is 1.25 bits per heavy atom. The fraction of sp³-hybridized carbons (Fsp3) is 0.450. The van der Waals surface area contributed by atoms with Crippen LogP contribution in [0, 0.1) is 0 Å². The molecule has 1 unspecified atom stereocenters. The number of carbonyl (C=O) groups is 2. The van der Waals surface area contributed by atoms with Gasteiger partial charge in [0, 0.05) is 30.5 Å². The van der Waals surface area contributed by atoms with Crippen LogP contribution in [0.1, 0.15) is 35.8 Å². The minimum Gasteiger partial charge on any atom is -0.383 e. The first-order valence-electron chi connectivity index (χ1n) is 11.9. The van der Waals surface area contributed by atoms with Gasteiger partial charge in [0.15, 0.2) is 16.9 Å². The molecule has 0 fully saturated rings. The number of likely N-dealkylation sites (N-methyl/N-ethyl adjacent to an activating group) is 1. The summed E-state index contributed by atoms with van der Waals surface area (Å²) in [4.78, 5) is 41.6. The monoisotopic (exact) mass is 516 g/mol. The molecule has 1 atom stereocenters. The van der Waals surface area contributed by atoms with Crippen molar-refractivity contribution in [3.05, 3.63) is 17.6 Å². The quantitative estimate of drug-likeness (QED) is 0.332. The maximum atomic E-state index is 13.6. The summed E-state index contributed by atoms with van der Waals surface area (Å²) < 4.78 is 88.7. The molecule has 192 valence electrons. The van der Waals surface area contributed by atoms with Gasteiger partial charge in [-0.2, -0.15) is 27.1 Å². The molecule has 16 heteroatoms. The third-order valence-electron chi connectivity index (χ3n) is 5.68. The van der Waals surface area contributed by atoms with Crippen LogP contribution in [-0.4, -0.2) is 60.2 Å². The second-order valence-electron chi connectivity index (χ2n) is 8.08. The second-order valence-corrected chi connectivity index (χ2v) is 8.08. The molecular formula is C20H20F5N9O2. The molecule has 1 aliphatic heterocycles. The molecule has 0 aromatic carbocycles. The zero-order valence-corrected chi connectivity index (χ0v) is 18.7. The van der Waals surface area contributed by atoms with Gasteiger partial charge in [-0.15, -0.1) is 0 Å². The second kappa shape index (κ2) is 8.30. The lowest BCUT2D eigenvalue weighted by molar-refractivity contribution is -0.284. The summed E-state index contributed by atoms with van der Waals surface area (Å²) in [7, 11) is 0. The van der Waals surface area contributed by atoms with Crippen LogP contribution in [0.5, 0.6) is 0 Å². The summed E-state index contributed by atoms with van der Waals surface area (Å²) in [6, 6.07) is 0. The van der Waals surface area contributed by atoms with Crippen molar-refractivity contribution in [2.75, 3.05) is 17.6 Å². The summed E-state index contributed by atoms with van der Waals surface area (Å²) in [6.07, 6.45) is -7.53. The van der Waals surface area contributed by atoms with E-state index in [4.69, 9.17) is 9.85 Å². The normalized spacial score (nSPS) is 19.4. The molecular weight excluding hydrogens is 493 g/mol. The third kappa shape index (κ3) is 3.85. The van der Waals surface area contributed by atoms with Crippen molar-refractivity contribution >= 4 is 34.5 Å². The van der Waals surface area contributed by atoms with Crippen molar-refractivity contribution in [2.24, 2.45) is 6.98 Å². The number of aromatic nitrogens is 6. The lowest BCUT2D eigenvalue weighted by Gasteiger charge is -2.21. The van der Waals surface area contributed by atoms with E-state index in [1.165, 1.54) is 6.92 Å². The molecule has 4 heterocycles. The minimum atomic E-state index is -5.83.